The van der Waals surface area contributed by atoms with Crippen molar-refractivity contribution < 1.29 is 9.47 Å². The van der Waals surface area contributed by atoms with Crippen LogP contribution < -0.4 is 5.56 Å². The first kappa shape index (κ1) is 19.2. The summed E-state index contributed by atoms with van der Waals surface area (Å²) < 4.78 is 13.1. The Labute approximate surface area is 168 Å². The molecule has 0 aliphatic carbocycles. The first-order valence-corrected chi connectivity index (χ1v) is 10.7. The maximum Gasteiger partial charge on any atom is 0.266 e. The fourth-order valence-electron chi connectivity index (χ4n) is 3.29. The lowest BCUT2D eigenvalue weighted by Crippen LogP contribution is -2.24. The van der Waals surface area contributed by atoms with Crippen LogP contribution in [-0.4, -0.2) is 34.8 Å². The Morgan fingerprint density at radius 3 is 2.79 bits per heavy atom. The lowest BCUT2D eigenvalue weighted by molar-refractivity contribution is -0.158. The Hall–Kier alpha value is -2.15. The highest BCUT2D eigenvalue weighted by Crippen LogP contribution is 2.22. The highest BCUT2D eigenvalue weighted by Gasteiger charge is 2.15. The molecule has 3 aromatic rings. The SMILES string of the molecule is Cc1ccc(-n2c(SCCO[C@@H]3CCCCO3)nc3ccccc3c2=O)cc1. The number of hydrogen-bond acceptors (Lipinski definition) is 5. The third-order valence-electron chi connectivity index (χ3n) is 4.79. The van der Waals surface area contributed by atoms with E-state index in [2.05, 4.69) is 0 Å². The van der Waals surface area contributed by atoms with E-state index < -0.39 is 0 Å². The summed E-state index contributed by atoms with van der Waals surface area (Å²) in [6.07, 6.45) is 3.11. The van der Waals surface area contributed by atoms with Crippen LogP contribution >= 0.6 is 11.8 Å². The molecule has 5 nitrogen and oxygen atoms in total. The van der Waals surface area contributed by atoms with Crippen molar-refractivity contribution in [3.05, 3.63) is 64.4 Å². The van der Waals surface area contributed by atoms with Crippen LogP contribution in [0.2, 0.25) is 0 Å². The predicted molar refractivity (Wildman–Crippen MR) is 112 cm³/mol. The summed E-state index contributed by atoms with van der Waals surface area (Å²) in [4.78, 5) is 17.9. The van der Waals surface area contributed by atoms with E-state index in [1.807, 2.05) is 55.5 Å². The molecule has 146 valence electrons. The summed E-state index contributed by atoms with van der Waals surface area (Å²) in [5.74, 6) is 0.705. The Kier molecular flexibility index (Phi) is 6.10. The molecule has 28 heavy (non-hydrogen) atoms. The van der Waals surface area contributed by atoms with Gasteiger partial charge in [0.25, 0.3) is 5.56 Å². The van der Waals surface area contributed by atoms with Crippen molar-refractivity contribution >= 4 is 22.7 Å². The van der Waals surface area contributed by atoms with Crippen molar-refractivity contribution in [3.8, 4) is 5.69 Å². The Morgan fingerprint density at radius 1 is 1.18 bits per heavy atom. The second-order valence-corrected chi connectivity index (χ2v) is 7.97. The fourth-order valence-corrected chi connectivity index (χ4v) is 4.13. The molecule has 4 rings (SSSR count). The number of rotatable bonds is 6. The van der Waals surface area contributed by atoms with Gasteiger partial charge in [0.15, 0.2) is 11.4 Å². The van der Waals surface area contributed by atoms with Crippen molar-refractivity contribution in [2.75, 3.05) is 19.0 Å². The largest absolute Gasteiger partial charge is 0.353 e. The zero-order valence-corrected chi connectivity index (χ0v) is 16.8. The molecule has 0 radical (unpaired) electrons. The van der Waals surface area contributed by atoms with Gasteiger partial charge in [-0.1, -0.05) is 41.6 Å². The molecule has 0 amide bonds. The van der Waals surface area contributed by atoms with Gasteiger partial charge in [0.05, 0.1) is 23.2 Å². The van der Waals surface area contributed by atoms with Crippen LogP contribution in [0.1, 0.15) is 24.8 Å². The van der Waals surface area contributed by atoms with Crippen LogP contribution in [0.4, 0.5) is 0 Å². The molecule has 1 atom stereocenters. The number of ether oxygens (including phenoxy) is 2. The van der Waals surface area contributed by atoms with Crippen molar-refractivity contribution in [2.45, 2.75) is 37.6 Å². The smallest absolute Gasteiger partial charge is 0.266 e. The van der Waals surface area contributed by atoms with Gasteiger partial charge >= 0.3 is 0 Å². The first-order chi connectivity index (χ1) is 13.7. The summed E-state index contributed by atoms with van der Waals surface area (Å²) in [5.41, 5.74) is 2.65. The van der Waals surface area contributed by atoms with Crippen molar-refractivity contribution in [2.24, 2.45) is 0 Å². The number of para-hydroxylation sites is 1. The highest BCUT2D eigenvalue weighted by atomic mass is 32.2. The molecule has 6 heteroatoms. The van der Waals surface area contributed by atoms with Crippen LogP contribution in [0.15, 0.2) is 58.5 Å². The topological polar surface area (TPSA) is 53.4 Å². The first-order valence-electron chi connectivity index (χ1n) is 9.67. The molecular formula is C22H24N2O3S. The van der Waals surface area contributed by atoms with Crippen LogP contribution in [0.3, 0.4) is 0 Å². The third-order valence-corrected chi connectivity index (χ3v) is 5.70. The van der Waals surface area contributed by atoms with Crippen LogP contribution in [0.5, 0.6) is 0 Å². The van der Waals surface area contributed by atoms with Gasteiger partial charge in [0.1, 0.15) is 0 Å². The van der Waals surface area contributed by atoms with Crippen molar-refractivity contribution in [3.63, 3.8) is 0 Å². The molecule has 1 aliphatic rings. The molecule has 0 bridgehead atoms. The molecular weight excluding hydrogens is 372 g/mol. The minimum absolute atomic E-state index is 0.0477. The van der Waals surface area contributed by atoms with Crippen LogP contribution in [-0.2, 0) is 9.47 Å². The van der Waals surface area contributed by atoms with Gasteiger partial charge in [-0.25, -0.2) is 4.98 Å². The quantitative estimate of drug-likeness (QED) is 0.353. The van der Waals surface area contributed by atoms with E-state index in [1.54, 1.807) is 4.57 Å². The van der Waals surface area contributed by atoms with E-state index in [9.17, 15) is 4.79 Å². The maximum atomic E-state index is 13.2. The van der Waals surface area contributed by atoms with Gasteiger partial charge in [-0.3, -0.25) is 9.36 Å². The number of aryl methyl sites for hydroxylation is 1. The molecule has 1 aliphatic heterocycles. The molecule has 1 fully saturated rings. The number of fused-ring (bicyclic) bond motifs is 1. The summed E-state index contributed by atoms with van der Waals surface area (Å²) in [6, 6.07) is 15.4. The van der Waals surface area contributed by atoms with Gasteiger partial charge < -0.3 is 9.47 Å². The van der Waals surface area contributed by atoms with Gasteiger partial charge in [0.2, 0.25) is 0 Å². The molecule has 1 saturated heterocycles. The zero-order chi connectivity index (χ0) is 19.3. The van der Waals surface area contributed by atoms with E-state index in [0.717, 1.165) is 42.6 Å². The van der Waals surface area contributed by atoms with Gasteiger partial charge in [-0.05, 0) is 50.5 Å². The standard InChI is InChI=1S/C22H24N2O3S/c1-16-9-11-17(12-10-16)24-21(25)18-6-2-3-7-19(18)23-22(24)28-15-14-27-20-8-4-5-13-26-20/h2-3,6-7,9-12,20H,4-5,8,13-15H2,1H3/t20-/m1/s1. The minimum Gasteiger partial charge on any atom is -0.353 e. The van der Waals surface area contributed by atoms with Gasteiger partial charge in [-0.2, -0.15) is 0 Å². The lowest BCUT2D eigenvalue weighted by Gasteiger charge is -2.22. The molecule has 2 heterocycles. The Balaban J connectivity index is 1.59. The second-order valence-electron chi connectivity index (χ2n) is 6.90. The third kappa shape index (κ3) is 4.29. The van der Waals surface area contributed by atoms with E-state index in [-0.39, 0.29) is 11.8 Å². The monoisotopic (exact) mass is 396 g/mol. The molecule has 0 N–H and O–H groups in total. The summed E-state index contributed by atoms with van der Waals surface area (Å²) in [6.45, 7) is 3.37. The number of benzene rings is 2. The van der Waals surface area contributed by atoms with Crippen molar-refractivity contribution in [1.29, 1.82) is 0 Å². The fraction of sp³-hybridized carbons (Fsp3) is 0.364. The maximum absolute atomic E-state index is 13.2. The number of hydrogen-bond donors (Lipinski definition) is 0. The number of nitrogens with zero attached hydrogens (tertiary/aromatic N) is 2. The van der Waals surface area contributed by atoms with Gasteiger partial charge in [-0.15, -0.1) is 0 Å². The average molecular weight is 397 g/mol. The molecule has 0 saturated carbocycles. The van der Waals surface area contributed by atoms with Crippen LogP contribution in [0, 0.1) is 6.92 Å². The molecule has 0 unspecified atom stereocenters. The summed E-state index contributed by atoms with van der Waals surface area (Å²) >= 11 is 1.53. The zero-order valence-electron chi connectivity index (χ0n) is 16.0. The van der Waals surface area contributed by atoms with Gasteiger partial charge in [0, 0.05) is 12.4 Å². The van der Waals surface area contributed by atoms with E-state index >= 15 is 0 Å². The molecule has 0 spiro atoms. The van der Waals surface area contributed by atoms with E-state index in [1.165, 1.54) is 11.8 Å². The van der Waals surface area contributed by atoms with Crippen LogP contribution in [0.25, 0.3) is 16.6 Å². The Bertz CT molecular complexity index is 995. The molecule has 1 aromatic heterocycles. The average Bonchev–Trinajstić information content (AvgIpc) is 2.73. The second kappa shape index (κ2) is 8.90. The van der Waals surface area contributed by atoms with Crippen molar-refractivity contribution in [1.82, 2.24) is 9.55 Å². The Morgan fingerprint density at radius 2 is 2.00 bits per heavy atom. The summed E-state index contributed by atoms with van der Waals surface area (Å²) in [5, 5.41) is 1.31. The number of thioether (sulfide) groups is 1. The summed E-state index contributed by atoms with van der Waals surface area (Å²) in [7, 11) is 0. The lowest BCUT2D eigenvalue weighted by atomic mass is 10.2. The highest BCUT2D eigenvalue weighted by molar-refractivity contribution is 7.99. The molecule has 2 aromatic carbocycles. The normalized spacial score (nSPS) is 17.1. The van der Waals surface area contributed by atoms with E-state index in [4.69, 9.17) is 14.5 Å². The minimum atomic E-state index is -0.0989. The predicted octanol–water partition coefficient (Wildman–Crippen LogP) is 4.33. The van der Waals surface area contributed by atoms with E-state index in [0.29, 0.717) is 22.9 Å². The number of aromatic nitrogens is 2.